The van der Waals surface area contributed by atoms with Crippen molar-refractivity contribution >= 4 is 5.91 Å². The summed E-state index contributed by atoms with van der Waals surface area (Å²) in [6.07, 6.45) is 85.5. The van der Waals surface area contributed by atoms with Crippen LogP contribution in [-0.4, -0.2) is 34.9 Å². The molecule has 0 aliphatic carbocycles. The molecule has 0 aromatic heterocycles. The zero-order valence-electron chi connectivity index (χ0n) is 43.4. The Hall–Kier alpha value is -2.95. The van der Waals surface area contributed by atoms with Crippen LogP contribution in [0.3, 0.4) is 0 Å². The van der Waals surface area contributed by atoms with Gasteiger partial charge in [0.15, 0.2) is 0 Å². The molecule has 1 amide bonds. The van der Waals surface area contributed by atoms with Crippen LogP contribution in [0.15, 0.2) is 109 Å². The summed E-state index contributed by atoms with van der Waals surface area (Å²) in [7, 11) is 0. The standard InChI is InChI=1S/C62H107NO3/c1-3-5-7-9-11-13-15-17-19-21-23-25-27-28-29-30-31-32-33-34-36-37-39-41-43-45-47-49-51-53-55-57-61(65)60(59-64)63-62(66)58-56-54-52-50-48-46-44-42-40-38-35-26-24-22-20-18-16-14-12-10-8-6-4-2/h6,8,12,14,18,20,24,26,38,40,44,46-47,49-50,52,55,57,60-61,64-65H,3-5,7,9-11,13,15-17,19,21-23,25,27-37,39,41-43,45,48,51,53-54,56,58-59H2,1-2H3,(H,63,66)/b8-6-,14-12-,20-18-,26-24-,40-38-,46-44-,49-47+,52-50-,57-55+. The molecular formula is C62H107NO3. The summed E-state index contributed by atoms with van der Waals surface area (Å²) in [5, 5.41) is 23.1. The Morgan fingerprint density at radius 2 is 0.682 bits per heavy atom. The van der Waals surface area contributed by atoms with Gasteiger partial charge in [-0.1, -0.05) is 277 Å². The van der Waals surface area contributed by atoms with Crippen molar-refractivity contribution in [3.8, 4) is 0 Å². The second-order valence-corrected chi connectivity index (χ2v) is 18.6. The molecule has 4 heteroatoms. The third-order valence-electron chi connectivity index (χ3n) is 12.2. The third-order valence-corrected chi connectivity index (χ3v) is 12.2. The van der Waals surface area contributed by atoms with E-state index in [1.807, 2.05) is 6.08 Å². The lowest BCUT2D eigenvalue weighted by atomic mass is 10.0. The number of carbonyl (C=O) groups is 1. The second kappa shape index (κ2) is 56.4. The van der Waals surface area contributed by atoms with Crippen molar-refractivity contribution in [3.05, 3.63) is 109 Å². The number of carbonyl (C=O) groups excluding carboxylic acids is 1. The van der Waals surface area contributed by atoms with Crippen molar-refractivity contribution in [2.75, 3.05) is 6.61 Å². The van der Waals surface area contributed by atoms with Crippen LogP contribution in [-0.2, 0) is 4.79 Å². The van der Waals surface area contributed by atoms with E-state index in [-0.39, 0.29) is 12.5 Å². The number of amides is 1. The Morgan fingerprint density at radius 1 is 0.379 bits per heavy atom. The van der Waals surface area contributed by atoms with Crippen molar-refractivity contribution in [2.45, 2.75) is 270 Å². The molecule has 0 aromatic carbocycles. The molecular weight excluding hydrogens is 807 g/mol. The molecule has 66 heavy (non-hydrogen) atoms. The lowest BCUT2D eigenvalue weighted by Crippen LogP contribution is -2.45. The average molecular weight is 915 g/mol. The lowest BCUT2D eigenvalue weighted by Gasteiger charge is -2.19. The van der Waals surface area contributed by atoms with Gasteiger partial charge in [-0.2, -0.15) is 0 Å². The van der Waals surface area contributed by atoms with E-state index >= 15 is 0 Å². The van der Waals surface area contributed by atoms with Gasteiger partial charge in [0, 0.05) is 6.42 Å². The highest BCUT2D eigenvalue weighted by Gasteiger charge is 2.17. The van der Waals surface area contributed by atoms with Crippen LogP contribution in [0.4, 0.5) is 0 Å². The number of rotatable bonds is 50. The van der Waals surface area contributed by atoms with E-state index in [0.29, 0.717) is 6.42 Å². The predicted molar refractivity (Wildman–Crippen MR) is 294 cm³/mol. The van der Waals surface area contributed by atoms with Crippen molar-refractivity contribution in [1.82, 2.24) is 5.32 Å². The van der Waals surface area contributed by atoms with Gasteiger partial charge in [0.25, 0.3) is 0 Å². The molecule has 0 spiro atoms. The number of nitrogens with one attached hydrogen (secondary N) is 1. The van der Waals surface area contributed by atoms with Crippen LogP contribution in [0, 0.1) is 0 Å². The van der Waals surface area contributed by atoms with Gasteiger partial charge in [0.2, 0.25) is 5.91 Å². The highest BCUT2D eigenvalue weighted by molar-refractivity contribution is 5.76. The summed E-state index contributed by atoms with van der Waals surface area (Å²) in [5.41, 5.74) is 0. The summed E-state index contributed by atoms with van der Waals surface area (Å²) in [4.78, 5) is 12.4. The molecule has 0 fully saturated rings. The quantitative estimate of drug-likeness (QED) is 0.0421. The topological polar surface area (TPSA) is 69.6 Å². The van der Waals surface area contributed by atoms with Gasteiger partial charge in [-0.3, -0.25) is 4.79 Å². The Bertz CT molecular complexity index is 1270. The molecule has 2 unspecified atom stereocenters. The average Bonchev–Trinajstić information content (AvgIpc) is 3.32. The Labute approximate surface area is 410 Å². The molecule has 378 valence electrons. The van der Waals surface area contributed by atoms with Gasteiger partial charge in [0.05, 0.1) is 18.8 Å². The van der Waals surface area contributed by atoms with Gasteiger partial charge in [-0.15, -0.1) is 0 Å². The van der Waals surface area contributed by atoms with Crippen molar-refractivity contribution in [1.29, 1.82) is 0 Å². The molecule has 0 saturated carbocycles. The zero-order chi connectivity index (χ0) is 47.7. The van der Waals surface area contributed by atoms with Crippen molar-refractivity contribution in [2.24, 2.45) is 0 Å². The van der Waals surface area contributed by atoms with E-state index in [0.717, 1.165) is 77.0 Å². The molecule has 2 atom stereocenters. The van der Waals surface area contributed by atoms with Gasteiger partial charge in [0.1, 0.15) is 0 Å². The predicted octanol–water partition coefficient (Wildman–Crippen LogP) is 18.7. The highest BCUT2D eigenvalue weighted by Crippen LogP contribution is 2.16. The minimum Gasteiger partial charge on any atom is -0.394 e. The summed E-state index contributed by atoms with van der Waals surface area (Å²) in [5.74, 6) is -0.134. The number of allylic oxidation sites excluding steroid dienone is 17. The molecule has 0 heterocycles. The summed E-state index contributed by atoms with van der Waals surface area (Å²) < 4.78 is 0. The van der Waals surface area contributed by atoms with Crippen molar-refractivity contribution in [3.63, 3.8) is 0 Å². The van der Waals surface area contributed by atoms with Crippen LogP contribution in [0.25, 0.3) is 0 Å². The van der Waals surface area contributed by atoms with E-state index in [1.165, 1.54) is 161 Å². The van der Waals surface area contributed by atoms with E-state index in [9.17, 15) is 15.0 Å². The SMILES string of the molecule is CC/C=C\C/C=C\C/C=C\C/C=C\C/C=C\C/C=C\C/C=C\CCCC(=O)NC(CO)C(O)/C=C/CC/C=C/CCCCCCCCCCCCCCCCCCCCCCCCCCC. The zero-order valence-corrected chi connectivity index (χ0v) is 43.4. The first-order valence-corrected chi connectivity index (χ1v) is 28.1. The maximum absolute atomic E-state index is 12.4. The fraction of sp³-hybridized carbons (Fsp3) is 0.694. The monoisotopic (exact) mass is 914 g/mol. The third kappa shape index (κ3) is 52.0. The van der Waals surface area contributed by atoms with E-state index in [4.69, 9.17) is 0 Å². The molecule has 0 aliphatic heterocycles. The van der Waals surface area contributed by atoms with Gasteiger partial charge < -0.3 is 15.5 Å². The molecule has 3 N–H and O–H groups in total. The fourth-order valence-electron chi connectivity index (χ4n) is 8.01. The van der Waals surface area contributed by atoms with Crippen LogP contribution < -0.4 is 5.32 Å². The molecule has 0 radical (unpaired) electrons. The van der Waals surface area contributed by atoms with Crippen LogP contribution in [0.5, 0.6) is 0 Å². The summed E-state index contributed by atoms with van der Waals surface area (Å²) >= 11 is 0. The Balaban J connectivity index is 3.64. The van der Waals surface area contributed by atoms with E-state index in [1.54, 1.807) is 6.08 Å². The first-order chi connectivity index (χ1) is 32.7. The maximum Gasteiger partial charge on any atom is 0.220 e. The van der Waals surface area contributed by atoms with Gasteiger partial charge >= 0.3 is 0 Å². The second-order valence-electron chi connectivity index (χ2n) is 18.6. The number of aliphatic hydroxyl groups excluding tert-OH is 2. The number of hydrogen-bond acceptors (Lipinski definition) is 3. The van der Waals surface area contributed by atoms with Gasteiger partial charge in [-0.05, 0) is 83.5 Å². The highest BCUT2D eigenvalue weighted by atomic mass is 16.3. The largest absolute Gasteiger partial charge is 0.394 e. The normalized spacial score (nSPS) is 13.7. The first kappa shape index (κ1) is 63.0. The minimum absolute atomic E-state index is 0.134. The Morgan fingerprint density at radius 3 is 1.06 bits per heavy atom. The van der Waals surface area contributed by atoms with E-state index < -0.39 is 12.1 Å². The molecule has 0 aromatic rings. The van der Waals surface area contributed by atoms with Crippen molar-refractivity contribution < 1.29 is 15.0 Å². The lowest BCUT2D eigenvalue weighted by molar-refractivity contribution is -0.122. The molecule has 4 nitrogen and oxygen atoms in total. The molecule has 0 aliphatic rings. The smallest absolute Gasteiger partial charge is 0.220 e. The van der Waals surface area contributed by atoms with Crippen LogP contribution in [0.2, 0.25) is 0 Å². The number of unbranched alkanes of at least 4 members (excludes halogenated alkanes) is 27. The van der Waals surface area contributed by atoms with Gasteiger partial charge in [-0.25, -0.2) is 0 Å². The minimum atomic E-state index is -0.895. The molecule has 0 bridgehead atoms. The maximum atomic E-state index is 12.4. The Kier molecular flexibility index (Phi) is 53.9. The van der Waals surface area contributed by atoms with Crippen LogP contribution >= 0.6 is 0 Å². The first-order valence-electron chi connectivity index (χ1n) is 28.1. The number of hydrogen-bond donors (Lipinski definition) is 3. The fourth-order valence-corrected chi connectivity index (χ4v) is 8.01. The van der Waals surface area contributed by atoms with Crippen LogP contribution in [0.1, 0.15) is 258 Å². The summed E-state index contributed by atoms with van der Waals surface area (Å²) in [6, 6.07) is -0.679. The molecule has 0 rings (SSSR count). The van der Waals surface area contributed by atoms with E-state index in [2.05, 4.69) is 116 Å². The summed E-state index contributed by atoms with van der Waals surface area (Å²) in [6.45, 7) is 4.17. The molecule has 0 saturated heterocycles. The number of aliphatic hydroxyl groups is 2.